The van der Waals surface area contributed by atoms with Gasteiger partial charge in [0.1, 0.15) is 18.2 Å². The third-order valence-corrected chi connectivity index (χ3v) is 5.16. The number of nitrogens with zero attached hydrogens (tertiary/aromatic N) is 3. The molecule has 0 aromatic carbocycles. The van der Waals surface area contributed by atoms with Crippen LogP contribution in [0.25, 0.3) is 0 Å². The molecule has 0 saturated carbocycles. The van der Waals surface area contributed by atoms with Crippen molar-refractivity contribution in [2.45, 2.75) is 71.1 Å². The van der Waals surface area contributed by atoms with Gasteiger partial charge in [0, 0.05) is 6.16 Å². The number of hydrogen-bond donors (Lipinski definition) is 0. The Bertz CT molecular complexity index is 343. The topological polar surface area (TPSA) is 71.4 Å². The zero-order chi connectivity index (χ0) is 15.8. The summed E-state index contributed by atoms with van der Waals surface area (Å²) < 4.78 is 0. The Kier molecular flexibility index (Phi) is 18.0. The van der Waals surface area contributed by atoms with Crippen molar-refractivity contribution in [1.29, 1.82) is 15.8 Å². The van der Waals surface area contributed by atoms with Crippen LogP contribution in [0.5, 0.6) is 0 Å². The van der Waals surface area contributed by atoms with Crippen molar-refractivity contribution in [2.24, 2.45) is 5.41 Å². The van der Waals surface area contributed by atoms with Gasteiger partial charge in [0.15, 0.2) is 0 Å². The van der Waals surface area contributed by atoms with E-state index in [-0.39, 0.29) is 17.0 Å². The highest BCUT2D eigenvalue weighted by molar-refractivity contribution is 8.93. The third kappa shape index (κ3) is 12.0. The van der Waals surface area contributed by atoms with Gasteiger partial charge in [-0.25, -0.2) is 0 Å². The first-order valence-electron chi connectivity index (χ1n) is 8.19. The molecule has 0 saturated heterocycles. The van der Waals surface area contributed by atoms with E-state index in [0.717, 1.165) is 12.6 Å². The summed E-state index contributed by atoms with van der Waals surface area (Å²) in [6.45, 7) is 2.24. The molecular weight excluding hydrogens is 357 g/mol. The first kappa shape index (κ1) is 23.6. The highest BCUT2D eigenvalue weighted by Gasteiger charge is 2.28. The summed E-state index contributed by atoms with van der Waals surface area (Å²) in [6, 6.07) is 5.52. The van der Waals surface area contributed by atoms with Gasteiger partial charge in [0.25, 0.3) is 0 Å². The molecule has 5 heteroatoms. The molecule has 0 aliphatic carbocycles. The minimum Gasteiger partial charge on any atom is -0.195 e. The molecule has 0 aliphatic heterocycles. The molecule has 0 N–H and O–H groups in total. The lowest BCUT2D eigenvalue weighted by Gasteiger charge is -2.08. The van der Waals surface area contributed by atoms with E-state index < -0.39 is 5.41 Å². The first-order valence-corrected chi connectivity index (χ1v) is 9.60. The van der Waals surface area contributed by atoms with E-state index in [1.807, 2.05) is 18.2 Å². The van der Waals surface area contributed by atoms with Crippen molar-refractivity contribution in [3.8, 4) is 18.2 Å². The SMILES string of the molecule is Br.CCCCCCCCCCCCPCC(C#N)(C#N)C#N. The molecule has 0 spiro atoms. The van der Waals surface area contributed by atoms with Gasteiger partial charge in [-0.15, -0.1) is 25.6 Å². The molecule has 0 aliphatic rings. The normalized spacial score (nSPS) is 10.6. The maximum atomic E-state index is 8.86. The van der Waals surface area contributed by atoms with E-state index in [1.165, 1.54) is 57.8 Å². The van der Waals surface area contributed by atoms with Gasteiger partial charge in [-0.1, -0.05) is 64.7 Å². The van der Waals surface area contributed by atoms with Crippen LogP contribution >= 0.6 is 25.6 Å². The fourth-order valence-electron chi connectivity index (χ4n) is 2.21. The molecule has 0 rings (SSSR count). The van der Waals surface area contributed by atoms with Crippen LogP contribution in [0, 0.1) is 39.4 Å². The van der Waals surface area contributed by atoms with Gasteiger partial charge in [-0.3, -0.25) is 0 Å². The predicted octanol–water partition coefficient (Wildman–Crippen LogP) is 5.72. The van der Waals surface area contributed by atoms with E-state index in [2.05, 4.69) is 6.92 Å². The van der Waals surface area contributed by atoms with Gasteiger partial charge in [-0.05, 0) is 12.6 Å². The molecule has 0 radical (unpaired) electrons. The lowest BCUT2D eigenvalue weighted by atomic mass is 9.97. The maximum Gasteiger partial charge on any atom is 0.232 e. The molecular formula is C17H29BrN3P. The Morgan fingerprint density at radius 1 is 0.727 bits per heavy atom. The molecule has 22 heavy (non-hydrogen) atoms. The van der Waals surface area contributed by atoms with Gasteiger partial charge >= 0.3 is 0 Å². The molecule has 3 nitrogen and oxygen atoms in total. The quantitative estimate of drug-likeness (QED) is 0.300. The third-order valence-electron chi connectivity index (χ3n) is 3.67. The highest BCUT2D eigenvalue weighted by Crippen LogP contribution is 2.26. The van der Waals surface area contributed by atoms with Crippen LogP contribution in [-0.4, -0.2) is 12.3 Å². The minimum absolute atomic E-state index is 0. The summed E-state index contributed by atoms with van der Waals surface area (Å²) in [7, 11) is 0.548. The lowest BCUT2D eigenvalue weighted by Crippen LogP contribution is -2.15. The average Bonchev–Trinajstić information content (AvgIpc) is 2.53. The number of nitriles is 3. The van der Waals surface area contributed by atoms with Crippen molar-refractivity contribution < 1.29 is 0 Å². The highest BCUT2D eigenvalue weighted by atomic mass is 79.9. The summed E-state index contributed by atoms with van der Waals surface area (Å²) in [6.07, 6.45) is 14.6. The molecule has 0 bridgehead atoms. The van der Waals surface area contributed by atoms with Crippen LogP contribution < -0.4 is 0 Å². The van der Waals surface area contributed by atoms with Gasteiger partial charge in [0.2, 0.25) is 5.41 Å². The Labute approximate surface area is 148 Å². The van der Waals surface area contributed by atoms with E-state index in [9.17, 15) is 0 Å². The number of hydrogen-bond acceptors (Lipinski definition) is 3. The van der Waals surface area contributed by atoms with Crippen molar-refractivity contribution >= 4 is 25.6 Å². The van der Waals surface area contributed by atoms with Crippen LogP contribution in [0.3, 0.4) is 0 Å². The van der Waals surface area contributed by atoms with Crippen molar-refractivity contribution in [1.82, 2.24) is 0 Å². The first-order chi connectivity index (χ1) is 10.2. The summed E-state index contributed by atoms with van der Waals surface area (Å²) in [5.41, 5.74) is -1.41. The van der Waals surface area contributed by atoms with Gasteiger partial charge in [-0.2, -0.15) is 15.8 Å². The van der Waals surface area contributed by atoms with Crippen LogP contribution in [-0.2, 0) is 0 Å². The standard InChI is InChI=1S/C17H28N3P.BrH/c1-2-3-4-5-6-7-8-9-10-11-12-21-16-17(13-18,14-19)15-20;/h21H,2-12,16H2,1H3;1H. The Hall–Kier alpha value is -0.620. The van der Waals surface area contributed by atoms with E-state index in [0.29, 0.717) is 14.7 Å². The summed E-state index contributed by atoms with van der Waals surface area (Å²) in [4.78, 5) is 0. The zero-order valence-electron chi connectivity index (χ0n) is 13.7. The van der Waals surface area contributed by atoms with Crippen LogP contribution in [0.15, 0.2) is 0 Å². The zero-order valence-corrected chi connectivity index (χ0v) is 16.4. The van der Waals surface area contributed by atoms with Crippen molar-refractivity contribution in [3.05, 3.63) is 0 Å². The van der Waals surface area contributed by atoms with Gasteiger partial charge < -0.3 is 0 Å². The Morgan fingerprint density at radius 3 is 1.55 bits per heavy atom. The molecule has 1 atom stereocenters. The van der Waals surface area contributed by atoms with Crippen molar-refractivity contribution in [2.75, 3.05) is 12.3 Å². The maximum absolute atomic E-state index is 8.86. The van der Waals surface area contributed by atoms with E-state index >= 15 is 0 Å². The molecule has 0 aromatic rings. The second-order valence-corrected chi connectivity index (χ2v) is 6.95. The molecule has 124 valence electrons. The summed E-state index contributed by atoms with van der Waals surface area (Å²) in [5, 5.41) is 26.6. The van der Waals surface area contributed by atoms with Gasteiger partial charge in [0.05, 0.1) is 0 Å². The predicted molar refractivity (Wildman–Crippen MR) is 99.5 cm³/mol. The van der Waals surface area contributed by atoms with E-state index in [1.54, 1.807) is 0 Å². The molecule has 0 fully saturated rings. The molecule has 0 aromatic heterocycles. The molecule has 0 heterocycles. The van der Waals surface area contributed by atoms with Crippen LogP contribution in [0.1, 0.15) is 71.1 Å². The lowest BCUT2D eigenvalue weighted by molar-refractivity contribution is 0.563. The largest absolute Gasteiger partial charge is 0.232 e. The van der Waals surface area contributed by atoms with Crippen LogP contribution in [0.2, 0.25) is 0 Å². The Morgan fingerprint density at radius 2 is 1.14 bits per heavy atom. The van der Waals surface area contributed by atoms with E-state index in [4.69, 9.17) is 15.8 Å². The van der Waals surface area contributed by atoms with Crippen molar-refractivity contribution in [3.63, 3.8) is 0 Å². The smallest absolute Gasteiger partial charge is 0.195 e. The number of halogens is 1. The molecule has 0 amide bonds. The fraction of sp³-hybridized carbons (Fsp3) is 0.824. The molecule has 1 unspecified atom stereocenters. The average molecular weight is 386 g/mol. The summed E-state index contributed by atoms with van der Waals surface area (Å²) in [5.74, 6) is 0. The Balaban J connectivity index is 0. The second kappa shape index (κ2) is 16.7. The number of unbranched alkanes of at least 4 members (excludes halogenated alkanes) is 9. The monoisotopic (exact) mass is 385 g/mol. The number of rotatable bonds is 13. The summed E-state index contributed by atoms with van der Waals surface area (Å²) >= 11 is 0. The minimum atomic E-state index is -1.41. The van der Waals surface area contributed by atoms with Crippen LogP contribution in [0.4, 0.5) is 0 Å². The second-order valence-electron chi connectivity index (χ2n) is 5.60. The fourth-order valence-corrected chi connectivity index (χ4v) is 3.50.